The van der Waals surface area contributed by atoms with Gasteiger partial charge in [-0.15, -0.1) is 0 Å². The standard InChI is InChI=1S/C23H27N5O4/c1-2-32-19-11-4-3-9-17(19)26-20(29)15-27-18-10-7-13-25-21(18)22(30)28(23(27)31)14-16-8-5-6-12-24-16/h3-6,8-9,11-12,18,21,25H,2,7,10,13-15H2,1H3,(H,26,29). The molecule has 2 fully saturated rings. The Labute approximate surface area is 186 Å². The summed E-state index contributed by atoms with van der Waals surface area (Å²) in [6, 6.07) is 11.1. The second kappa shape index (κ2) is 9.78. The Hall–Kier alpha value is -3.46. The van der Waals surface area contributed by atoms with Crippen LogP contribution < -0.4 is 15.4 Å². The average Bonchev–Trinajstić information content (AvgIpc) is 2.81. The molecule has 2 saturated heterocycles. The third-order valence-corrected chi connectivity index (χ3v) is 5.66. The summed E-state index contributed by atoms with van der Waals surface area (Å²) in [7, 11) is 0. The van der Waals surface area contributed by atoms with Crippen LogP contribution in [0.25, 0.3) is 0 Å². The molecule has 1 aromatic carbocycles. The number of anilines is 1. The van der Waals surface area contributed by atoms with Crippen molar-refractivity contribution in [2.24, 2.45) is 0 Å². The molecule has 2 N–H and O–H groups in total. The fourth-order valence-electron chi connectivity index (χ4n) is 4.20. The Morgan fingerprint density at radius 3 is 2.81 bits per heavy atom. The SMILES string of the molecule is CCOc1ccccc1NC(=O)CN1C(=O)N(Cc2ccccn2)C(=O)C2NCCCC21. The number of nitrogens with one attached hydrogen (secondary N) is 2. The summed E-state index contributed by atoms with van der Waals surface area (Å²) in [4.78, 5) is 46.2. The lowest BCUT2D eigenvalue weighted by Gasteiger charge is -2.46. The first-order valence-corrected chi connectivity index (χ1v) is 10.9. The fraction of sp³-hybridized carbons (Fsp3) is 0.391. The number of carbonyl (C=O) groups is 3. The van der Waals surface area contributed by atoms with E-state index in [1.807, 2.05) is 19.1 Å². The molecule has 2 atom stereocenters. The van der Waals surface area contributed by atoms with Crippen molar-refractivity contribution in [2.45, 2.75) is 38.4 Å². The summed E-state index contributed by atoms with van der Waals surface area (Å²) in [6.45, 7) is 2.94. The van der Waals surface area contributed by atoms with E-state index in [9.17, 15) is 14.4 Å². The molecule has 168 valence electrons. The van der Waals surface area contributed by atoms with Gasteiger partial charge in [-0.3, -0.25) is 19.5 Å². The number of carbonyl (C=O) groups excluding carboxylic acids is 3. The van der Waals surface area contributed by atoms with E-state index >= 15 is 0 Å². The molecule has 9 nitrogen and oxygen atoms in total. The first kappa shape index (κ1) is 21.8. The van der Waals surface area contributed by atoms with Gasteiger partial charge in [-0.1, -0.05) is 18.2 Å². The third kappa shape index (κ3) is 4.57. The number of para-hydroxylation sites is 2. The van der Waals surface area contributed by atoms with Gasteiger partial charge in [-0.25, -0.2) is 4.79 Å². The predicted molar refractivity (Wildman–Crippen MR) is 118 cm³/mol. The van der Waals surface area contributed by atoms with Crippen molar-refractivity contribution in [1.29, 1.82) is 0 Å². The molecule has 9 heteroatoms. The van der Waals surface area contributed by atoms with Crippen LogP contribution in [0.4, 0.5) is 10.5 Å². The number of aromatic nitrogens is 1. The molecule has 0 saturated carbocycles. The van der Waals surface area contributed by atoms with Gasteiger partial charge in [0.2, 0.25) is 11.8 Å². The highest BCUT2D eigenvalue weighted by Gasteiger charge is 2.47. The summed E-state index contributed by atoms with van der Waals surface area (Å²) in [5.41, 5.74) is 1.15. The number of ether oxygens (including phenoxy) is 1. The predicted octanol–water partition coefficient (Wildman–Crippen LogP) is 2.00. The number of pyridine rings is 1. The molecule has 4 rings (SSSR count). The van der Waals surface area contributed by atoms with Gasteiger partial charge in [0.15, 0.2) is 0 Å². The first-order chi connectivity index (χ1) is 15.6. The maximum Gasteiger partial charge on any atom is 0.327 e. The van der Waals surface area contributed by atoms with E-state index < -0.39 is 12.1 Å². The number of hydrogen-bond acceptors (Lipinski definition) is 6. The number of hydrogen-bond donors (Lipinski definition) is 2. The van der Waals surface area contributed by atoms with E-state index in [1.54, 1.807) is 36.5 Å². The Morgan fingerprint density at radius 2 is 2.03 bits per heavy atom. The van der Waals surface area contributed by atoms with Crippen molar-refractivity contribution < 1.29 is 19.1 Å². The second-order valence-electron chi connectivity index (χ2n) is 7.77. The topological polar surface area (TPSA) is 104 Å². The minimum atomic E-state index is -0.534. The summed E-state index contributed by atoms with van der Waals surface area (Å²) >= 11 is 0. The van der Waals surface area contributed by atoms with Gasteiger partial charge < -0.3 is 20.3 Å². The quantitative estimate of drug-likeness (QED) is 0.687. The summed E-state index contributed by atoms with van der Waals surface area (Å²) in [5, 5.41) is 6.07. The van der Waals surface area contributed by atoms with Crippen LogP contribution in [-0.2, 0) is 16.1 Å². The van der Waals surface area contributed by atoms with Crippen LogP contribution in [-0.4, -0.2) is 64.4 Å². The molecule has 0 radical (unpaired) electrons. The van der Waals surface area contributed by atoms with Gasteiger partial charge in [0.25, 0.3) is 0 Å². The number of rotatable bonds is 7. The van der Waals surface area contributed by atoms with Crippen molar-refractivity contribution in [3.8, 4) is 5.75 Å². The lowest BCUT2D eigenvalue weighted by Crippen LogP contribution is -2.70. The molecule has 2 unspecified atom stereocenters. The molecule has 0 spiro atoms. The lowest BCUT2D eigenvalue weighted by molar-refractivity contribution is -0.138. The van der Waals surface area contributed by atoms with Crippen molar-refractivity contribution in [3.05, 3.63) is 54.4 Å². The number of imide groups is 1. The molecule has 0 bridgehead atoms. The average molecular weight is 438 g/mol. The molecule has 2 aromatic rings. The van der Waals surface area contributed by atoms with Crippen molar-refractivity contribution >= 4 is 23.5 Å². The number of amides is 4. The molecule has 32 heavy (non-hydrogen) atoms. The van der Waals surface area contributed by atoms with Crippen LogP contribution in [0, 0.1) is 0 Å². The van der Waals surface area contributed by atoms with Crippen LogP contribution in [0.3, 0.4) is 0 Å². The van der Waals surface area contributed by atoms with Crippen molar-refractivity contribution in [3.63, 3.8) is 0 Å². The maximum absolute atomic E-state index is 13.3. The van der Waals surface area contributed by atoms with Crippen molar-refractivity contribution in [2.75, 3.05) is 25.0 Å². The Balaban J connectivity index is 1.53. The summed E-state index contributed by atoms with van der Waals surface area (Å²) < 4.78 is 5.57. The molecule has 0 aliphatic carbocycles. The van der Waals surface area contributed by atoms with Crippen LogP contribution in [0.1, 0.15) is 25.5 Å². The fourth-order valence-corrected chi connectivity index (χ4v) is 4.20. The van der Waals surface area contributed by atoms with Gasteiger partial charge in [-0.2, -0.15) is 0 Å². The number of piperidine rings is 1. The molecular weight excluding hydrogens is 410 g/mol. The number of urea groups is 1. The van der Waals surface area contributed by atoms with E-state index in [4.69, 9.17) is 4.74 Å². The molecule has 1 aromatic heterocycles. The zero-order valence-electron chi connectivity index (χ0n) is 18.0. The second-order valence-corrected chi connectivity index (χ2v) is 7.77. The molecule has 2 aliphatic rings. The number of benzene rings is 1. The first-order valence-electron chi connectivity index (χ1n) is 10.9. The largest absolute Gasteiger partial charge is 0.492 e. The Morgan fingerprint density at radius 1 is 1.22 bits per heavy atom. The number of nitrogens with zero attached hydrogens (tertiary/aromatic N) is 3. The maximum atomic E-state index is 13.3. The smallest absolute Gasteiger partial charge is 0.327 e. The number of fused-ring (bicyclic) bond motifs is 1. The van der Waals surface area contributed by atoms with E-state index in [-0.39, 0.29) is 30.9 Å². The Kier molecular flexibility index (Phi) is 6.65. The van der Waals surface area contributed by atoms with E-state index in [2.05, 4.69) is 15.6 Å². The van der Waals surface area contributed by atoms with Gasteiger partial charge in [-0.05, 0) is 50.6 Å². The Bertz CT molecular complexity index is 983. The minimum absolute atomic E-state index is 0.0642. The van der Waals surface area contributed by atoms with Crippen LogP contribution in [0.5, 0.6) is 5.75 Å². The van der Waals surface area contributed by atoms with E-state index in [0.29, 0.717) is 36.7 Å². The zero-order valence-corrected chi connectivity index (χ0v) is 18.0. The van der Waals surface area contributed by atoms with Crippen LogP contribution in [0.15, 0.2) is 48.7 Å². The normalized spacial score (nSPS) is 20.7. The molecule has 3 heterocycles. The lowest BCUT2D eigenvalue weighted by atomic mass is 9.93. The van der Waals surface area contributed by atoms with Gasteiger partial charge in [0.05, 0.1) is 30.6 Å². The third-order valence-electron chi connectivity index (χ3n) is 5.66. The highest BCUT2D eigenvalue weighted by Crippen LogP contribution is 2.27. The monoisotopic (exact) mass is 437 g/mol. The highest BCUT2D eigenvalue weighted by molar-refractivity contribution is 6.03. The highest BCUT2D eigenvalue weighted by atomic mass is 16.5. The van der Waals surface area contributed by atoms with Crippen LogP contribution in [0.2, 0.25) is 0 Å². The minimum Gasteiger partial charge on any atom is -0.492 e. The molecular formula is C23H27N5O4. The van der Waals surface area contributed by atoms with Gasteiger partial charge in [0.1, 0.15) is 18.3 Å². The molecule has 4 amide bonds. The molecule has 2 aliphatic heterocycles. The van der Waals surface area contributed by atoms with Gasteiger partial charge >= 0.3 is 6.03 Å². The van der Waals surface area contributed by atoms with E-state index in [1.165, 1.54) is 9.80 Å². The van der Waals surface area contributed by atoms with E-state index in [0.717, 1.165) is 6.42 Å². The van der Waals surface area contributed by atoms with Crippen LogP contribution >= 0.6 is 0 Å². The van der Waals surface area contributed by atoms with Crippen molar-refractivity contribution in [1.82, 2.24) is 20.1 Å². The summed E-state index contributed by atoms with van der Waals surface area (Å²) in [6.07, 6.45) is 3.11. The summed E-state index contributed by atoms with van der Waals surface area (Å²) in [5.74, 6) is -0.0526. The zero-order chi connectivity index (χ0) is 22.5. The van der Waals surface area contributed by atoms with Gasteiger partial charge in [0, 0.05) is 6.20 Å².